The van der Waals surface area contributed by atoms with Crippen LogP contribution < -0.4 is 5.32 Å². The number of esters is 1. The van der Waals surface area contributed by atoms with Crippen LogP contribution in [0.1, 0.15) is 36.5 Å². The summed E-state index contributed by atoms with van der Waals surface area (Å²) in [6.07, 6.45) is 5.26. The second-order valence-corrected chi connectivity index (χ2v) is 4.01. The van der Waals surface area contributed by atoms with Gasteiger partial charge in [0, 0.05) is 12.2 Å². The fraction of sp³-hybridized carbons (Fsp3) is 0.400. The molecule has 1 N–H and O–H groups in total. The zero-order valence-corrected chi connectivity index (χ0v) is 10.9. The Balaban J connectivity index is 2.36. The molecule has 0 amide bonds. The van der Waals surface area contributed by atoms with E-state index in [2.05, 4.69) is 11.9 Å². The molecule has 0 spiro atoms. The van der Waals surface area contributed by atoms with Crippen LogP contribution in [0.25, 0.3) is 0 Å². The minimum atomic E-state index is -0.268. The highest BCUT2D eigenvalue weighted by Gasteiger charge is 2.04. The summed E-state index contributed by atoms with van der Waals surface area (Å²) in [5.74, 6) is -0.268. The molecule has 0 unspecified atom stereocenters. The number of hydrogen-bond acceptors (Lipinski definition) is 3. The van der Waals surface area contributed by atoms with E-state index in [1.165, 1.54) is 0 Å². The molecule has 0 bridgehead atoms. The Morgan fingerprint density at radius 3 is 2.67 bits per heavy atom. The first-order valence-electron chi connectivity index (χ1n) is 6.40. The van der Waals surface area contributed by atoms with Gasteiger partial charge in [0.25, 0.3) is 0 Å². The number of rotatable bonds is 8. The summed E-state index contributed by atoms with van der Waals surface area (Å²) in [4.78, 5) is 11.4. The van der Waals surface area contributed by atoms with Crippen LogP contribution in [0.3, 0.4) is 0 Å². The van der Waals surface area contributed by atoms with E-state index < -0.39 is 0 Å². The first-order chi connectivity index (χ1) is 8.77. The lowest BCUT2D eigenvalue weighted by molar-refractivity contribution is 0.0526. The average molecular weight is 247 g/mol. The smallest absolute Gasteiger partial charge is 0.338 e. The van der Waals surface area contributed by atoms with E-state index >= 15 is 0 Å². The van der Waals surface area contributed by atoms with Gasteiger partial charge in [-0.3, -0.25) is 0 Å². The zero-order chi connectivity index (χ0) is 13.2. The molecular formula is C15H21NO2. The van der Waals surface area contributed by atoms with Crippen LogP contribution in [-0.2, 0) is 4.74 Å². The van der Waals surface area contributed by atoms with Gasteiger partial charge in [0.2, 0.25) is 0 Å². The maximum absolute atomic E-state index is 11.4. The Morgan fingerprint density at radius 2 is 2.06 bits per heavy atom. The number of unbranched alkanes of at least 4 members (excludes halogenated alkanes) is 2. The highest BCUT2D eigenvalue weighted by atomic mass is 16.5. The van der Waals surface area contributed by atoms with Crippen LogP contribution in [0.2, 0.25) is 0 Å². The molecule has 0 aromatic heterocycles. The Hall–Kier alpha value is -1.77. The summed E-state index contributed by atoms with van der Waals surface area (Å²) >= 11 is 0. The van der Waals surface area contributed by atoms with Crippen molar-refractivity contribution >= 4 is 11.7 Å². The summed E-state index contributed by atoms with van der Waals surface area (Å²) in [5.41, 5.74) is 1.62. The minimum Gasteiger partial charge on any atom is -0.462 e. The molecule has 1 aromatic carbocycles. The lowest BCUT2D eigenvalue weighted by Gasteiger charge is -2.07. The van der Waals surface area contributed by atoms with Gasteiger partial charge in [0.1, 0.15) is 0 Å². The second-order valence-electron chi connectivity index (χ2n) is 4.01. The molecule has 0 saturated carbocycles. The zero-order valence-electron chi connectivity index (χ0n) is 10.9. The van der Waals surface area contributed by atoms with Gasteiger partial charge in [0.05, 0.1) is 12.2 Å². The maximum Gasteiger partial charge on any atom is 0.338 e. The third kappa shape index (κ3) is 5.04. The van der Waals surface area contributed by atoms with Crippen molar-refractivity contribution in [3.8, 4) is 0 Å². The molecule has 0 aliphatic carbocycles. The topological polar surface area (TPSA) is 38.3 Å². The summed E-state index contributed by atoms with van der Waals surface area (Å²) < 4.78 is 4.92. The summed E-state index contributed by atoms with van der Waals surface area (Å²) in [5, 5.41) is 3.32. The SMILES string of the molecule is C=CCCCCNc1ccc(C(=O)OCC)cc1. The minimum absolute atomic E-state index is 0.268. The highest BCUT2D eigenvalue weighted by Crippen LogP contribution is 2.11. The summed E-state index contributed by atoms with van der Waals surface area (Å²) in [6, 6.07) is 7.37. The van der Waals surface area contributed by atoms with Crippen molar-refractivity contribution in [1.29, 1.82) is 0 Å². The van der Waals surface area contributed by atoms with E-state index in [0.29, 0.717) is 12.2 Å². The van der Waals surface area contributed by atoms with Crippen LogP contribution in [0.4, 0.5) is 5.69 Å². The van der Waals surface area contributed by atoms with Crippen LogP contribution >= 0.6 is 0 Å². The standard InChI is InChI=1S/C15H21NO2/c1-3-5-6-7-12-16-14-10-8-13(9-11-14)15(17)18-4-2/h3,8-11,16H,1,4-7,12H2,2H3. The molecule has 0 aliphatic rings. The lowest BCUT2D eigenvalue weighted by atomic mass is 10.2. The van der Waals surface area contributed by atoms with Gasteiger partial charge in [-0.05, 0) is 50.5 Å². The third-order valence-electron chi connectivity index (χ3n) is 2.56. The van der Waals surface area contributed by atoms with Crippen molar-refractivity contribution in [2.24, 2.45) is 0 Å². The van der Waals surface area contributed by atoms with Crippen molar-refractivity contribution in [1.82, 2.24) is 0 Å². The van der Waals surface area contributed by atoms with Crippen LogP contribution in [0.15, 0.2) is 36.9 Å². The number of benzene rings is 1. The molecular weight excluding hydrogens is 226 g/mol. The molecule has 0 heterocycles. The van der Waals surface area contributed by atoms with E-state index in [0.717, 1.165) is 31.5 Å². The van der Waals surface area contributed by atoms with E-state index in [1.807, 2.05) is 18.2 Å². The molecule has 0 radical (unpaired) electrons. The molecule has 1 aromatic rings. The van der Waals surface area contributed by atoms with Crippen molar-refractivity contribution in [2.75, 3.05) is 18.5 Å². The number of anilines is 1. The largest absolute Gasteiger partial charge is 0.462 e. The fourth-order valence-corrected chi connectivity index (χ4v) is 1.58. The monoisotopic (exact) mass is 247 g/mol. The number of nitrogens with one attached hydrogen (secondary N) is 1. The first kappa shape index (κ1) is 14.3. The van der Waals surface area contributed by atoms with Gasteiger partial charge < -0.3 is 10.1 Å². The molecule has 3 heteroatoms. The molecule has 98 valence electrons. The van der Waals surface area contributed by atoms with Gasteiger partial charge in [0.15, 0.2) is 0 Å². The summed E-state index contributed by atoms with van der Waals surface area (Å²) in [6.45, 7) is 6.84. The van der Waals surface area contributed by atoms with Gasteiger partial charge >= 0.3 is 5.97 Å². The molecule has 1 rings (SSSR count). The number of carbonyl (C=O) groups is 1. The van der Waals surface area contributed by atoms with Crippen molar-refractivity contribution < 1.29 is 9.53 Å². The molecule has 0 atom stereocenters. The molecule has 0 aliphatic heterocycles. The second kappa shape index (κ2) is 8.34. The Kier molecular flexibility index (Phi) is 6.62. The molecule has 0 saturated heterocycles. The van der Waals surface area contributed by atoms with Crippen LogP contribution in [0.5, 0.6) is 0 Å². The molecule has 3 nitrogen and oxygen atoms in total. The fourth-order valence-electron chi connectivity index (χ4n) is 1.58. The van der Waals surface area contributed by atoms with Gasteiger partial charge in [-0.15, -0.1) is 6.58 Å². The Labute approximate surface area is 109 Å². The highest BCUT2D eigenvalue weighted by molar-refractivity contribution is 5.89. The lowest BCUT2D eigenvalue weighted by Crippen LogP contribution is -2.05. The third-order valence-corrected chi connectivity index (χ3v) is 2.56. The van der Waals surface area contributed by atoms with Gasteiger partial charge in [-0.1, -0.05) is 6.08 Å². The van der Waals surface area contributed by atoms with E-state index in [9.17, 15) is 4.79 Å². The Morgan fingerprint density at radius 1 is 1.33 bits per heavy atom. The number of ether oxygens (including phenoxy) is 1. The first-order valence-corrected chi connectivity index (χ1v) is 6.40. The van der Waals surface area contributed by atoms with E-state index in [-0.39, 0.29) is 5.97 Å². The summed E-state index contributed by atoms with van der Waals surface area (Å²) in [7, 11) is 0. The number of allylic oxidation sites excluding steroid dienone is 1. The normalized spacial score (nSPS) is 9.83. The maximum atomic E-state index is 11.4. The van der Waals surface area contributed by atoms with Gasteiger partial charge in [-0.25, -0.2) is 4.79 Å². The molecule has 0 fully saturated rings. The van der Waals surface area contributed by atoms with Crippen molar-refractivity contribution in [2.45, 2.75) is 26.2 Å². The average Bonchev–Trinajstić information content (AvgIpc) is 2.39. The van der Waals surface area contributed by atoms with Crippen molar-refractivity contribution in [3.63, 3.8) is 0 Å². The Bertz CT molecular complexity index is 371. The predicted molar refractivity (Wildman–Crippen MR) is 74.9 cm³/mol. The van der Waals surface area contributed by atoms with Crippen LogP contribution in [0, 0.1) is 0 Å². The number of hydrogen-bond donors (Lipinski definition) is 1. The van der Waals surface area contributed by atoms with E-state index in [4.69, 9.17) is 4.74 Å². The quantitative estimate of drug-likeness (QED) is 0.433. The van der Waals surface area contributed by atoms with Gasteiger partial charge in [-0.2, -0.15) is 0 Å². The van der Waals surface area contributed by atoms with Crippen molar-refractivity contribution in [3.05, 3.63) is 42.5 Å². The molecule has 18 heavy (non-hydrogen) atoms. The van der Waals surface area contributed by atoms with E-state index in [1.54, 1.807) is 19.1 Å². The predicted octanol–water partition coefficient (Wildman–Crippen LogP) is 3.63. The van der Waals surface area contributed by atoms with Crippen LogP contribution in [-0.4, -0.2) is 19.1 Å². The number of carbonyl (C=O) groups excluding carboxylic acids is 1.